The number of anilines is 1. The van der Waals surface area contributed by atoms with Gasteiger partial charge in [0.05, 0.1) is 12.1 Å². The van der Waals surface area contributed by atoms with Crippen LogP contribution >= 0.6 is 0 Å². The number of hydrogen-bond acceptors (Lipinski definition) is 4. The number of aromatic nitrogens is 2. The van der Waals surface area contributed by atoms with E-state index >= 15 is 0 Å². The SMILES string of the molecule is Cc1cc(NC(=O)C(=O)NC(Cc2nccn2C)c2ccccc2)ccc1OC(C)C. The molecule has 162 valence electrons. The normalized spacial score (nSPS) is 11.8. The summed E-state index contributed by atoms with van der Waals surface area (Å²) in [5.41, 5.74) is 2.32. The number of nitrogens with one attached hydrogen (secondary N) is 2. The molecule has 1 atom stereocenters. The number of ether oxygens (including phenoxy) is 1. The second-order valence-corrected chi connectivity index (χ2v) is 7.70. The van der Waals surface area contributed by atoms with Crippen molar-refractivity contribution in [3.05, 3.63) is 77.9 Å². The van der Waals surface area contributed by atoms with E-state index in [4.69, 9.17) is 4.74 Å². The highest BCUT2D eigenvalue weighted by Crippen LogP contribution is 2.23. The Morgan fingerprint density at radius 2 is 1.84 bits per heavy atom. The zero-order chi connectivity index (χ0) is 22.4. The van der Waals surface area contributed by atoms with Crippen LogP contribution in [-0.4, -0.2) is 27.5 Å². The largest absolute Gasteiger partial charge is 0.491 e. The summed E-state index contributed by atoms with van der Waals surface area (Å²) in [5.74, 6) is 0.128. The van der Waals surface area contributed by atoms with Gasteiger partial charge in [-0.3, -0.25) is 9.59 Å². The van der Waals surface area contributed by atoms with Crippen molar-refractivity contribution in [3.8, 4) is 5.75 Å². The molecule has 0 saturated heterocycles. The van der Waals surface area contributed by atoms with E-state index in [1.54, 1.807) is 24.4 Å². The van der Waals surface area contributed by atoms with Crippen molar-refractivity contribution in [3.63, 3.8) is 0 Å². The molecule has 2 aromatic carbocycles. The number of carbonyl (C=O) groups is 2. The van der Waals surface area contributed by atoms with Crippen LogP contribution in [0.15, 0.2) is 60.9 Å². The maximum Gasteiger partial charge on any atom is 0.313 e. The van der Waals surface area contributed by atoms with Gasteiger partial charge in [0, 0.05) is 31.5 Å². The van der Waals surface area contributed by atoms with Crippen molar-refractivity contribution in [2.24, 2.45) is 7.05 Å². The first-order valence-corrected chi connectivity index (χ1v) is 10.2. The Morgan fingerprint density at radius 1 is 1.10 bits per heavy atom. The summed E-state index contributed by atoms with van der Waals surface area (Å²) in [4.78, 5) is 29.6. The van der Waals surface area contributed by atoms with E-state index in [0.717, 1.165) is 22.7 Å². The fraction of sp³-hybridized carbons (Fsp3) is 0.292. The summed E-state index contributed by atoms with van der Waals surface area (Å²) in [7, 11) is 1.90. The highest BCUT2D eigenvalue weighted by atomic mass is 16.5. The maximum absolute atomic E-state index is 12.7. The number of nitrogens with zero attached hydrogens (tertiary/aromatic N) is 2. The van der Waals surface area contributed by atoms with Gasteiger partial charge in [-0.2, -0.15) is 0 Å². The maximum atomic E-state index is 12.7. The number of rotatable bonds is 7. The van der Waals surface area contributed by atoms with Crippen LogP contribution in [0.25, 0.3) is 0 Å². The summed E-state index contributed by atoms with van der Waals surface area (Å²) in [6.07, 6.45) is 4.08. The number of hydrogen-bond donors (Lipinski definition) is 2. The lowest BCUT2D eigenvalue weighted by Gasteiger charge is -2.19. The van der Waals surface area contributed by atoms with Gasteiger partial charge in [0.2, 0.25) is 0 Å². The van der Waals surface area contributed by atoms with Crippen molar-refractivity contribution in [2.45, 2.75) is 39.3 Å². The van der Waals surface area contributed by atoms with E-state index in [0.29, 0.717) is 12.1 Å². The van der Waals surface area contributed by atoms with E-state index in [9.17, 15) is 9.59 Å². The first-order valence-electron chi connectivity index (χ1n) is 10.2. The van der Waals surface area contributed by atoms with E-state index < -0.39 is 11.8 Å². The quantitative estimate of drug-likeness (QED) is 0.573. The second-order valence-electron chi connectivity index (χ2n) is 7.70. The fourth-order valence-electron chi connectivity index (χ4n) is 3.24. The van der Waals surface area contributed by atoms with Crippen LogP contribution in [0.1, 0.15) is 36.8 Å². The molecule has 7 heteroatoms. The molecule has 0 aliphatic rings. The molecule has 1 unspecified atom stereocenters. The van der Waals surface area contributed by atoms with Crippen molar-refractivity contribution in [1.29, 1.82) is 0 Å². The van der Waals surface area contributed by atoms with Crippen LogP contribution < -0.4 is 15.4 Å². The minimum absolute atomic E-state index is 0.0542. The van der Waals surface area contributed by atoms with Crippen LogP contribution in [0, 0.1) is 6.92 Å². The standard InChI is InChI=1S/C24H28N4O3/c1-16(2)31-21-11-10-19(14-17(21)3)26-23(29)24(30)27-20(18-8-6-5-7-9-18)15-22-25-12-13-28(22)4/h5-14,16,20H,15H2,1-4H3,(H,26,29)(H,27,30). The Labute approximate surface area is 182 Å². The lowest BCUT2D eigenvalue weighted by molar-refractivity contribution is -0.136. The van der Waals surface area contributed by atoms with Gasteiger partial charge < -0.3 is 19.9 Å². The molecule has 0 fully saturated rings. The summed E-state index contributed by atoms with van der Waals surface area (Å²) >= 11 is 0. The lowest BCUT2D eigenvalue weighted by atomic mass is 10.0. The van der Waals surface area contributed by atoms with Crippen molar-refractivity contribution in [1.82, 2.24) is 14.9 Å². The predicted octanol–water partition coefficient (Wildman–Crippen LogP) is 3.55. The minimum Gasteiger partial charge on any atom is -0.491 e. The molecule has 1 heterocycles. The second kappa shape index (κ2) is 9.93. The van der Waals surface area contributed by atoms with Crippen molar-refractivity contribution < 1.29 is 14.3 Å². The molecule has 7 nitrogen and oxygen atoms in total. The molecule has 0 radical (unpaired) electrons. The summed E-state index contributed by atoms with van der Waals surface area (Å²) in [6.45, 7) is 5.80. The fourth-order valence-corrected chi connectivity index (χ4v) is 3.24. The van der Waals surface area contributed by atoms with E-state index in [1.165, 1.54) is 0 Å². The average molecular weight is 421 g/mol. The van der Waals surface area contributed by atoms with E-state index in [1.807, 2.05) is 68.9 Å². The van der Waals surface area contributed by atoms with E-state index in [-0.39, 0.29) is 12.1 Å². The third-order valence-electron chi connectivity index (χ3n) is 4.82. The molecule has 31 heavy (non-hydrogen) atoms. The Bertz CT molecular complexity index is 1040. The monoisotopic (exact) mass is 420 g/mol. The Kier molecular flexibility index (Phi) is 7.07. The molecular weight excluding hydrogens is 392 g/mol. The molecule has 0 spiro atoms. The molecule has 2 N–H and O–H groups in total. The van der Waals surface area contributed by atoms with Crippen LogP contribution in [0.5, 0.6) is 5.75 Å². The average Bonchev–Trinajstić information content (AvgIpc) is 3.14. The van der Waals surface area contributed by atoms with Crippen molar-refractivity contribution in [2.75, 3.05) is 5.32 Å². The summed E-state index contributed by atoms with van der Waals surface area (Å²) in [6, 6.07) is 14.5. The first kappa shape index (κ1) is 22.1. The van der Waals surface area contributed by atoms with E-state index in [2.05, 4.69) is 15.6 Å². The third-order valence-corrected chi connectivity index (χ3v) is 4.82. The van der Waals surface area contributed by atoms with Crippen LogP contribution in [0.4, 0.5) is 5.69 Å². The zero-order valence-electron chi connectivity index (χ0n) is 18.3. The topological polar surface area (TPSA) is 85.3 Å². The summed E-state index contributed by atoms with van der Waals surface area (Å²) < 4.78 is 7.61. The number of amides is 2. The van der Waals surface area contributed by atoms with Gasteiger partial charge in [-0.25, -0.2) is 4.98 Å². The molecule has 0 bridgehead atoms. The number of carbonyl (C=O) groups excluding carboxylic acids is 2. The molecule has 0 aliphatic heterocycles. The number of imidazole rings is 1. The van der Waals surface area contributed by atoms with Crippen LogP contribution in [0.3, 0.4) is 0 Å². The van der Waals surface area contributed by atoms with Gasteiger partial charge in [0.15, 0.2) is 0 Å². The molecule has 1 aromatic heterocycles. The minimum atomic E-state index is -0.724. The molecule has 0 saturated carbocycles. The van der Waals surface area contributed by atoms with Gasteiger partial charge in [-0.1, -0.05) is 30.3 Å². The van der Waals surface area contributed by atoms with Gasteiger partial charge in [-0.05, 0) is 50.1 Å². The molecule has 0 aliphatic carbocycles. The Hall–Kier alpha value is -3.61. The van der Waals surface area contributed by atoms with Gasteiger partial charge >= 0.3 is 11.8 Å². The van der Waals surface area contributed by atoms with Crippen LogP contribution in [0.2, 0.25) is 0 Å². The highest BCUT2D eigenvalue weighted by molar-refractivity contribution is 6.39. The Morgan fingerprint density at radius 3 is 2.45 bits per heavy atom. The van der Waals surface area contributed by atoms with Gasteiger partial charge in [0.1, 0.15) is 11.6 Å². The first-order chi connectivity index (χ1) is 14.8. The smallest absolute Gasteiger partial charge is 0.313 e. The predicted molar refractivity (Wildman–Crippen MR) is 120 cm³/mol. The third kappa shape index (κ3) is 5.94. The van der Waals surface area contributed by atoms with Gasteiger partial charge in [0.25, 0.3) is 0 Å². The number of aryl methyl sites for hydroxylation is 2. The highest BCUT2D eigenvalue weighted by Gasteiger charge is 2.22. The van der Waals surface area contributed by atoms with Gasteiger partial charge in [-0.15, -0.1) is 0 Å². The Balaban J connectivity index is 1.70. The molecule has 3 aromatic rings. The lowest BCUT2D eigenvalue weighted by Crippen LogP contribution is -2.38. The molecular formula is C24H28N4O3. The number of benzene rings is 2. The molecule has 2 amide bonds. The van der Waals surface area contributed by atoms with Crippen molar-refractivity contribution >= 4 is 17.5 Å². The zero-order valence-corrected chi connectivity index (χ0v) is 18.3. The van der Waals surface area contributed by atoms with Crippen LogP contribution in [-0.2, 0) is 23.1 Å². The molecule has 3 rings (SSSR count). The summed E-state index contributed by atoms with van der Waals surface area (Å²) in [5, 5.41) is 5.50.